The molecular weight excluding hydrogens is 328 g/mol. The molecule has 0 saturated heterocycles. The molecule has 2 aromatic carbocycles. The first-order valence-electron chi connectivity index (χ1n) is 6.02. The lowest BCUT2D eigenvalue weighted by Crippen LogP contribution is -2.19. The summed E-state index contributed by atoms with van der Waals surface area (Å²) < 4.78 is 33.0. The number of hydrogen-bond acceptors (Lipinski definition) is 2. The number of methoxy groups -OCH3 is 1. The smallest absolute Gasteiger partial charge is 0.126 e. The monoisotopic (exact) mass is 341 g/mol. The van der Waals surface area contributed by atoms with Crippen molar-refractivity contribution >= 4 is 15.9 Å². The number of rotatable bonds is 4. The maximum atomic E-state index is 13.4. The van der Waals surface area contributed by atoms with Crippen molar-refractivity contribution in [2.75, 3.05) is 14.2 Å². The zero-order valence-electron chi connectivity index (χ0n) is 11.1. The van der Waals surface area contributed by atoms with E-state index in [0.29, 0.717) is 11.3 Å². The lowest BCUT2D eigenvalue weighted by atomic mass is 9.97. The Balaban J connectivity index is 2.52. The summed E-state index contributed by atoms with van der Waals surface area (Å²) in [5.74, 6) is -0.559. The molecule has 20 heavy (non-hydrogen) atoms. The van der Waals surface area contributed by atoms with Crippen molar-refractivity contribution in [3.8, 4) is 5.75 Å². The van der Waals surface area contributed by atoms with Gasteiger partial charge in [-0.3, -0.25) is 0 Å². The van der Waals surface area contributed by atoms with Crippen LogP contribution in [0.25, 0.3) is 0 Å². The molecule has 0 heterocycles. The summed E-state index contributed by atoms with van der Waals surface area (Å²) in [7, 11) is 3.29. The normalized spacial score (nSPS) is 12.2. The molecule has 106 valence electrons. The van der Waals surface area contributed by atoms with Gasteiger partial charge in [0.05, 0.1) is 13.2 Å². The fourth-order valence-electron chi connectivity index (χ4n) is 2.17. The molecule has 0 radical (unpaired) electrons. The summed E-state index contributed by atoms with van der Waals surface area (Å²) in [6, 6.07) is 8.65. The van der Waals surface area contributed by atoms with E-state index in [1.54, 1.807) is 14.2 Å². The molecule has 1 N–H and O–H groups in total. The first-order valence-corrected chi connectivity index (χ1v) is 6.81. The summed E-state index contributed by atoms with van der Waals surface area (Å²) in [5, 5.41) is 3.05. The van der Waals surface area contributed by atoms with Gasteiger partial charge in [0.15, 0.2) is 0 Å². The molecule has 0 aliphatic rings. The highest BCUT2D eigenvalue weighted by molar-refractivity contribution is 9.10. The predicted molar refractivity (Wildman–Crippen MR) is 78.0 cm³/mol. The average molecular weight is 342 g/mol. The first kappa shape index (κ1) is 14.9. The van der Waals surface area contributed by atoms with E-state index in [9.17, 15) is 8.78 Å². The topological polar surface area (TPSA) is 21.3 Å². The summed E-state index contributed by atoms with van der Waals surface area (Å²) in [6.45, 7) is 0. The van der Waals surface area contributed by atoms with Crippen LogP contribution in [0.3, 0.4) is 0 Å². The van der Waals surface area contributed by atoms with E-state index in [2.05, 4.69) is 21.2 Å². The molecule has 0 amide bonds. The Bertz CT molecular complexity index is 599. The molecule has 0 aromatic heterocycles. The molecule has 2 rings (SSSR count). The molecule has 2 nitrogen and oxygen atoms in total. The van der Waals surface area contributed by atoms with Crippen molar-refractivity contribution in [3.05, 3.63) is 63.6 Å². The van der Waals surface area contributed by atoms with E-state index in [4.69, 9.17) is 4.74 Å². The highest BCUT2D eigenvalue weighted by Gasteiger charge is 2.18. The van der Waals surface area contributed by atoms with Gasteiger partial charge < -0.3 is 10.1 Å². The van der Waals surface area contributed by atoms with Gasteiger partial charge in [0.25, 0.3) is 0 Å². The van der Waals surface area contributed by atoms with Crippen molar-refractivity contribution < 1.29 is 13.5 Å². The third kappa shape index (κ3) is 3.16. The second-order valence-corrected chi connectivity index (χ2v) is 5.23. The Labute approximate surface area is 124 Å². The molecular formula is C15H14BrF2NO. The Kier molecular flexibility index (Phi) is 4.73. The van der Waals surface area contributed by atoms with Crippen LogP contribution in [0, 0.1) is 11.6 Å². The van der Waals surface area contributed by atoms with Gasteiger partial charge >= 0.3 is 0 Å². The summed E-state index contributed by atoms with van der Waals surface area (Å²) in [6.07, 6.45) is 0. The van der Waals surface area contributed by atoms with Crippen LogP contribution in [0.4, 0.5) is 8.78 Å². The summed E-state index contributed by atoms with van der Waals surface area (Å²) >= 11 is 3.37. The average Bonchev–Trinajstić information content (AvgIpc) is 2.40. The Morgan fingerprint density at radius 1 is 1.10 bits per heavy atom. The van der Waals surface area contributed by atoms with E-state index in [0.717, 1.165) is 16.1 Å². The Hall–Kier alpha value is -1.46. The quantitative estimate of drug-likeness (QED) is 0.905. The van der Waals surface area contributed by atoms with Crippen LogP contribution in [0.5, 0.6) is 5.75 Å². The third-order valence-corrected chi connectivity index (χ3v) is 3.51. The molecule has 5 heteroatoms. The maximum absolute atomic E-state index is 13.4. The zero-order chi connectivity index (χ0) is 14.7. The number of hydrogen-bond donors (Lipinski definition) is 1. The molecule has 0 aliphatic heterocycles. The third-order valence-electron chi connectivity index (χ3n) is 3.01. The first-order chi connectivity index (χ1) is 9.55. The highest BCUT2D eigenvalue weighted by Crippen LogP contribution is 2.32. The zero-order valence-corrected chi connectivity index (χ0v) is 12.7. The molecule has 0 bridgehead atoms. The van der Waals surface area contributed by atoms with E-state index < -0.39 is 11.6 Å². The van der Waals surface area contributed by atoms with Crippen LogP contribution in [-0.2, 0) is 0 Å². The molecule has 0 saturated carbocycles. The maximum Gasteiger partial charge on any atom is 0.126 e. The molecule has 1 unspecified atom stereocenters. The Morgan fingerprint density at radius 2 is 1.75 bits per heavy atom. The van der Waals surface area contributed by atoms with Crippen molar-refractivity contribution in [1.29, 1.82) is 0 Å². The largest absolute Gasteiger partial charge is 0.496 e. The molecule has 0 aliphatic carbocycles. The van der Waals surface area contributed by atoms with E-state index in [1.807, 2.05) is 18.2 Å². The van der Waals surface area contributed by atoms with Crippen LogP contribution in [0.1, 0.15) is 17.2 Å². The molecule has 1 atom stereocenters. The minimum Gasteiger partial charge on any atom is -0.496 e. The van der Waals surface area contributed by atoms with Gasteiger partial charge in [0.1, 0.15) is 17.4 Å². The van der Waals surface area contributed by atoms with Gasteiger partial charge in [-0.25, -0.2) is 8.78 Å². The fraction of sp³-hybridized carbons (Fsp3) is 0.200. The Morgan fingerprint density at radius 3 is 2.30 bits per heavy atom. The minimum absolute atomic E-state index is 0.358. The second kappa shape index (κ2) is 6.33. The number of nitrogens with one attached hydrogen (secondary N) is 1. The van der Waals surface area contributed by atoms with Gasteiger partial charge in [-0.05, 0) is 36.9 Å². The molecule has 2 aromatic rings. The SMILES string of the molecule is CNC(c1cc(F)cc(F)c1)c1ccc(Br)cc1OC. The standard InChI is InChI=1S/C15H14BrF2NO/c1-19-15(9-5-11(17)8-12(18)6-9)13-4-3-10(16)7-14(13)20-2/h3-8,15,19H,1-2H3. The predicted octanol–water partition coefficient (Wildman–Crippen LogP) is 4.04. The number of ether oxygens (including phenoxy) is 1. The number of halogens is 3. The van der Waals surface area contributed by atoms with Crippen LogP contribution in [0.15, 0.2) is 40.9 Å². The van der Waals surface area contributed by atoms with Gasteiger partial charge in [-0.2, -0.15) is 0 Å². The van der Waals surface area contributed by atoms with Crippen molar-refractivity contribution in [2.45, 2.75) is 6.04 Å². The minimum atomic E-state index is -0.601. The van der Waals surface area contributed by atoms with Crippen LogP contribution in [-0.4, -0.2) is 14.2 Å². The van der Waals surface area contributed by atoms with E-state index in [-0.39, 0.29) is 6.04 Å². The van der Waals surface area contributed by atoms with Crippen molar-refractivity contribution in [2.24, 2.45) is 0 Å². The lowest BCUT2D eigenvalue weighted by molar-refractivity contribution is 0.405. The van der Waals surface area contributed by atoms with E-state index >= 15 is 0 Å². The second-order valence-electron chi connectivity index (χ2n) is 4.31. The van der Waals surface area contributed by atoms with Crippen molar-refractivity contribution in [3.63, 3.8) is 0 Å². The van der Waals surface area contributed by atoms with Crippen LogP contribution < -0.4 is 10.1 Å². The van der Waals surface area contributed by atoms with Crippen LogP contribution >= 0.6 is 15.9 Å². The van der Waals surface area contributed by atoms with E-state index in [1.165, 1.54) is 12.1 Å². The molecule has 0 spiro atoms. The number of benzene rings is 2. The van der Waals surface area contributed by atoms with Crippen molar-refractivity contribution in [1.82, 2.24) is 5.32 Å². The lowest BCUT2D eigenvalue weighted by Gasteiger charge is -2.20. The summed E-state index contributed by atoms with van der Waals surface area (Å²) in [4.78, 5) is 0. The van der Waals surface area contributed by atoms with Gasteiger partial charge in [0.2, 0.25) is 0 Å². The molecule has 0 fully saturated rings. The van der Waals surface area contributed by atoms with Crippen LogP contribution in [0.2, 0.25) is 0 Å². The van der Waals surface area contributed by atoms with Gasteiger partial charge in [-0.1, -0.05) is 22.0 Å². The fourth-order valence-corrected chi connectivity index (χ4v) is 2.51. The van der Waals surface area contributed by atoms with Gasteiger partial charge in [-0.15, -0.1) is 0 Å². The highest BCUT2D eigenvalue weighted by atomic mass is 79.9. The summed E-state index contributed by atoms with van der Waals surface area (Å²) in [5.41, 5.74) is 1.31. The van der Waals surface area contributed by atoms with Gasteiger partial charge in [0, 0.05) is 16.1 Å².